The molecule has 0 bridgehead atoms. The molecule has 1 aliphatic heterocycles. The van der Waals surface area contributed by atoms with E-state index in [0.717, 1.165) is 0 Å². The highest BCUT2D eigenvalue weighted by Gasteiger charge is 2.52. The molecule has 2 rings (SSSR count). The number of aromatic nitrogens is 1. The Morgan fingerprint density at radius 2 is 1.89 bits per heavy atom. The monoisotopic (exact) mass is 263 g/mol. The molecule has 0 spiro atoms. The van der Waals surface area contributed by atoms with Crippen molar-refractivity contribution in [3.05, 3.63) is 23.9 Å². The molecule has 0 aromatic carbocycles. The largest absolute Gasteiger partial charge is 0.514 e. The average Bonchev–Trinajstić information content (AvgIpc) is 2.58. The molecule has 102 valence electrons. The van der Waals surface area contributed by atoms with E-state index in [1.54, 1.807) is 12.1 Å². The quantitative estimate of drug-likeness (QED) is 0.339. The summed E-state index contributed by atoms with van der Waals surface area (Å²) in [5.74, 6) is 4.74. The van der Waals surface area contributed by atoms with Gasteiger partial charge in [0, 0.05) is 11.8 Å². The SMILES string of the molecule is CC1(C)OB(c2cc(C(=O)NN)ccn2)OC1(C)C. The third-order valence-electron chi connectivity index (χ3n) is 3.67. The van der Waals surface area contributed by atoms with Gasteiger partial charge < -0.3 is 9.31 Å². The normalized spacial score (nSPS) is 20.4. The lowest BCUT2D eigenvalue weighted by Gasteiger charge is -2.32. The number of hydrogen-bond donors (Lipinski definition) is 2. The zero-order valence-electron chi connectivity index (χ0n) is 11.6. The van der Waals surface area contributed by atoms with Gasteiger partial charge in [0.25, 0.3) is 5.91 Å². The summed E-state index contributed by atoms with van der Waals surface area (Å²) in [5, 5.41) is 0. The minimum absolute atomic E-state index is 0.375. The Kier molecular flexibility index (Phi) is 3.38. The van der Waals surface area contributed by atoms with Gasteiger partial charge in [0.05, 0.1) is 16.8 Å². The zero-order valence-corrected chi connectivity index (χ0v) is 11.6. The third kappa shape index (κ3) is 2.49. The van der Waals surface area contributed by atoms with Gasteiger partial charge in [-0.2, -0.15) is 0 Å². The van der Waals surface area contributed by atoms with Crippen molar-refractivity contribution in [2.45, 2.75) is 38.9 Å². The highest BCUT2D eigenvalue weighted by atomic mass is 16.7. The van der Waals surface area contributed by atoms with E-state index in [1.165, 1.54) is 6.20 Å². The summed E-state index contributed by atoms with van der Waals surface area (Å²) < 4.78 is 11.7. The number of hydrogen-bond acceptors (Lipinski definition) is 5. The van der Waals surface area contributed by atoms with Gasteiger partial charge in [0.2, 0.25) is 0 Å². The summed E-state index contributed by atoms with van der Waals surface area (Å²) in [4.78, 5) is 15.7. The van der Waals surface area contributed by atoms with Gasteiger partial charge in [-0.25, -0.2) is 5.84 Å². The van der Waals surface area contributed by atoms with Gasteiger partial charge in [-0.15, -0.1) is 0 Å². The van der Waals surface area contributed by atoms with Crippen molar-refractivity contribution in [3.8, 4) is 0 Å². The molecule has 2 heterocycles. The topological polar surface area (TPSA) is 86.5 Å². The van der Waals surface area contributed by atoms with Crippen LogP contribution in [0.4, 0.5) is 0 Å². The van der Waals surface area contributed by atoms with Crippen molar-refractivity contribution in [3.63, 3.8) is 0 Å². The number of pyridine rings is 1. The summed E-state index contributed by atoms with van der Waals surface area (Å²) in [6.45, 7) is 7.85. The average molecular weight is 263 g/mol. The maximum absolute atomic E-state index is 11.5. The molecule has 3 N–H and O–H groups in total. The molecule has 1 fully saturated rings. The highest BCUT2D eigenvalue weighted by molar-refractivity contribution is 6.61. The third-order valence-corrected chi connectivity index (χ3v) is 3.67. The van der Waals surface area contributed by atoms with Crippen LogP contribution in [0, 0.1) is 0 Å². The predicted molar refractivity (Wildman–Crippen MR) is 71.6 cm³/mol. The van der Waals surface area contributed by atoms with Crippen molar-refractivity contribution in [2.75, 3.05) is 0 Å². The smallest absolute Gasteiger partial charge is 0.398 e. The number of rotatable bonds is 2. The number of hydrazine groups is 1. The Balaban J connectivity index is 2.27. The first kappa shape index (κ1) is 14.0. The second-order valence-corrected chi connectivity index (χ2v) is 5.53. The number of nitrogens with zero attached hydrogens (tertiary/aromatic N) is 1. The summed E-state index contributed by atoms with van der Waals surface area (Å²) >= 11 is 0. The van der Waals surface area contributed by atoms with Crippen molar-refractivity contribution >= 4 is 18.6 Å². The van der Waals surface area contributed by atoms with Crippen LogP contribution in [0.15, 0.2) is 18.3 Å². The van der Waals surface area contributed by atoms with Crippen LogP contribution in [-0.4, -0.2) is 29.2 Å². The van der Waals surface area contributed by atoms with Crippen molar-refractivity contribution < 1.29 is 14.1 Å². The Hall–Kier alpha value is -1.44. The summed E-state index contributed by atoms with van der Waals surface area (Å²) in [6.07, 6.45) is 1.53. The van der Waals surface area contributed by atoms with E-state index in [-0.39, 0.29) is 5.91 Å². The van der Waals surface area contributed by atoms with Gasteiger partial charge in [0.15, 0.2) is 0 Å². The number of nitrogens with two attached hydrogens (primary N) is 1. The summed E-state index contributed by atoms with van der Waals surface area (Å²) in [6, 6.07) is 3.20. The standard InChI is InChI=1S/C12H18BN3O3/c1-11(2)12(3,4)19-13(18-11)9-7-8(5-6-15-9)10(17)16-14/h5-7H,14H2,1-4H3,(H,16,17). The van der Waals surface area contributed by atoms with Gasteiger partial charge in [0.1, 0.15) is 0 Å². The number of nitrogens with one attached hydrogen (secondary N) is 1. The first-order valence-electron chi connectivity index (χ1n) is 6.09. The number of carbonyl (C=O) groups is 1. The molecular weight excluding hydrogens is 245 g/mol. The molecule has 0 unspecified atom stereocenters. The van der Waals surface area contributed by atoms with Crippen LogP contribution in [0.2, 0.25) is 0 Å². The summed E-state index contributed by atoms with van der Waals surface area (Å²) in [5.41, 5.74) is 2.18. The fourth-order valence-electron chi connectivity index (χ4n) is 1.77. The highest BCUT2D eigenvalue weighted by Crippen LogP contribution is 2.36. The van der Waals surface area contributed by atoms with Crippen LogP contribution in [0.1, 0.15) is 38.1 Å². The number of carbonyl (C=O) groups excluding carboxylic acids is 1. The van der Waals surface area contributed by atoms with Crippen molar-refractivity contribution in [1.29, 1.82) is 0 Å². The van der Waals surface area contributed by atoms with E-state index in [0.29, 0.717) is 11.2 Å². The van der Waals surface area contributed by atoms with E-state index in [2.05, 4.69) is 10.4 Å². The zero-order chi connectivity index (χ0) is 14.3. The van der Waals surface area contributed by atoms with Gasteiger partial charge in [-0.1, -0.05) is 0 Å². The van der Waals surface area contributed by atoms with E-state index in [4.69, 9.17) is 15.2 Å². The number of amides is 1. The van der Waals surface area contributed by atoms with Crippen LogP contribution >= 0.6 is 0 Å². The predicted octanol–water partition coefficient (Wildman–Crippen LogP) is -0.0157. The van der Waals surface area contributed by atoms with Crippen LogP contribution < -0.4 is 16.9 Å². The second kappa shape index (κ2) is 4.59. The molecule has 19 heavy (non-hydrogen) atoms. The molecular formula is C12H18BN3O3. The first-order chi connectivity index (χ1) is 8.77. The minimum Gasteiger partial charge on any atom is -0.398 e. The van der Waals surface area contributed by atoms with Gasteiger partial charge in [-0.3, -0.25) is 15.2 Å². The van der Waals surface area contributed by atoms with Gasteiger partial charge >= 0.3 is 7.12 Å². The molecule has 1 aliphatic rings. The Labute approximate surface area is 112 Å². The van der Waals surface area contributed by atoms with Crippen LogP contribution in [0.5, 0.6) is 0 Å². The molecule has 7 heteroatoms. The van der Waals surface area contributed by atoms with Crippen LogP contribution in [0.25, 0.3) is 0 Å². The maximum Gasteiger partial charge on any atom is 0.514 e. The number of nitrogen functional groups attached to an aromatic ring is 1. The van der Waals surface area contributed by atoms with E-state index >= 15 is 0 Å². The van der Waals surface area contributed by atoms with Crippen molar-refractivity contribution in [2.24, 2.45) is 5.84 Å². The Morgan fingerprint density at radius 1 is 1.32 bits per heavy atom. The molecule has 6 nitrogen and oxygen atoms in total. The Bertz CT molecular complexity index is 489. The van der Waals surface area contributed by atoms with Crippen LogP contribution in [0.3, 0.4) is 0 Å². The molecule has 0 radical (unpaired) electrons. The molecule has 0 aliphatic carbocycles. The van der Waals surface area contributed by atoms with Crippen LogP contribution in [-0.2, 0) is 9.31 Å². The summed E-state index contributed by atoms with van der Waals surface area (Å²) in [7, 11) is -0.587. The molecule has 1 amide bonds. The van der Waals surface area contributed by atoms with E-state index in [1.807, 2.05) is 27.7 Å². The first-order valence-corrected chi connectivity index (χ1v) is 6.09. The molecule has 1 aromatic rings. The molecule has 0 atom stereocenters. The van der Waals surface area contributed by atoms with Crippen molar-refractivity contribution in [1.82, 2.24) is 10.4 Å². The second-order valence-electron chi connectivity index (χ2n) is 5.53. The lowest BCUT2D eigenvalue weighted by atomic mass is 9.83. The maximum atomic E-state index is 11.5. The molecule has 1 saturated heterocycles. The fourth-order valence-corrected chi connectivity index (χ4v) is 1.77. The molecule has 1 aromatic heterocycles. The minimum atomic E-state index is -0.587. The van der Waals surface area contributed by atoms with Gasteiger partial charge in [-0.05, 0) is 39.8 Å². The Morgan fingerprint density at radius 3 is 2.42 bits per heavy atom. The lowest BCUT2D eigenvalue weighted by molar-refractivity contribution is 0.00578. The van der Waals surface area contributed by atoms with E-state index < -0.39 is 18.3 Å². The molecule has 0 saturated carbocycles. The fraction of sp³-hybridized carbons (Fsp3) is 0.500. The lowest BCUT2D eigenvalue weighted by Crippen LogP contribution is -2.41. The van der Waals surface area contributed by atoms with E-state index in [9.17, 15) is 4.79 Å².